The van der Waals surface area contributed by atoms with E-state index in [0.717, 1.165) is 89.6 Å². The Labute approximate surface area is 279 Å². The van der Waals surface area contributed by atoms with Gasteiger partial charge >= 0.3 is 0 Å². The van der Waals surface area contributed by atoms with Gasteiger partial charge in [-0.25, -0.2) is 4.98 Å². The van der Waals surface area contributed by atoms with Crippen LogP contribution >= 0.6 is 102 Å². The molecular weight excluding hydrogens is 854 g/mol. The SMILES string of the molecule is Br.Br.Br.Br.Br.Br.NCCc1nc2[nH]c1Cc1ccc(cc1)C2N1CCCNCCNCCCNCC1. The predicted octanol–water partition coefficient (Wildman–Crippen LogP) is 4.24. The van der Waals surface area contributed by atoms with Crippen molar-refractivity contribution in [3.8, 4) is 0 Å². The summed E-state index contributed by atoms with van der Waals surface area (Å²) in [5, 5.41) is 10.7. The molecule has 6 N–H and O–H groups in total. The van der Waals surface area contributed by atoms with Gasteiger partial charge < -0.3 is 26.7 Å². The van der Waals surface area contributed by atoms with Crippen molar-refractivity contribution in [2.75, 3.05) is 58.9 Å². The second kappa shape index (κ2) is 22.9. The number of halogens is 6. The highest BCUT2D eigenvalue weighted by Crippen LogP contribution is 2.31. The number of hydrogen-bond donors (Lipinski definition) is 5. The van der Waals surface area contributed by atoms with E-state index in [9.17, 15) is 0 Å². The number of nitrogens with zero attached hydrogens (tertiary/aromatic N) is 2. The molecule has 3 aliphatic rings. The van der Waals surface area contributed by atoms with E-state index in [-0.39, 0.29) is 108 Å². The predicted molar refractivity (Wildman–Crippen MR) is 184 cm³/mol. The quantitative estimate of drug-likeness (QED) is 0.317. The van der Waals surface area contributed by atoms with E-state index < -0.39 is 0 Å². The van der Waals surface area contributed by atoms with E-state index in [2.05, 4.69) is 50.1 Å². The van der Waals surface area contributed by atoms with Crippen molar-refractivity contribution in [3.63, 3.8) is 0 Å². The molecule has 3 aliphatic heterocycles. The molecule has 4 heterocycles. The van der Waals surface area contributed by atoms with Gasteiger partial charge in [-0.15, -0.1) is 102 Å². The first-order chi connectivity index (χ1) is 14.8. The summed E-state index contributed by atoms with van der Waals surface area (Å²) in [6.45, 7) is 8.91. The zero-order chi connectivity index (χ0) is 20.6. The highest BCUT2D eigenvalue weighted by Gasteiger charge is 2.27. The minimum absolute atomic E-state index is 0. The molecule has 0 amide bonds. The van der Waals surface area contributed by atoms with E-state index in [1.807, 2.05) is 0 Å². The molecule has 4 bridgehead atoms. The smallest absolute Gasteiger partial charge is 0.128 e. The second-order valence-corrected chi connectivity index (χ2v) is 8.40. The van der Waals surface area contributed by atoms with Crippen LogP contribution in [-0.4, -0.2) is 73.8 Å². The number of H-pyrrole nitrogens is 1. The van der Waals surface area contributed by atoms with Gasteiger partial charge in [0, 0.05) is 51.3 Å². The summed E-state index contributed by atoms with van der Waals surface area (Å²) in [5.74, 6) is 1.07. The van der Waals surface area contributed by atoms with Crippen molar-refractivity contribution in [3.05, 3.63) is 52.6 Å². The van der Waals surface area contributed by atoms with Crippen LogP contribution in [-0.2, 0) is 12.8 Å². The van der Waals surface area contributed by atoms with Gasteiger partial charge in [0.05, 0.1) is 11.7 Å². The molecule has 1 aromatic heterocycles. The third-order valence-electron chi connectivity index (χ3n) is 6.12. The molecule has 36 heavy (non-hydrogen) atoms. The molecule has 13 heteroatoms. The number of nitrogens with two attached hydrogens (primary N) is 1. The molecule has 2 aromatic rings. The van der Waals surface area contributed by atoms with Gasteiger partial charge in [-0.2, -0.15) is 0 Å². The number of aromatic amines is 1. The van der Waals surface area contributed by atoms with Gasteiger partial charge in [-0.05, 0) is 50.1 Å². The van der Waals surface area contributed by atoms with Gasteiger partial charge in [0.2, 0.25) is 0 Å². The highest BCUT2D eigenvalue weighted by molar-refractivity contribution is 8.93. The lowest BCUT2D eigenvalue weighted by Gasteiger charge is -2.31. The molecule has 1 atom stereocenters. The zero-order valence-corrected chi connectivity index (χ0v) is 30.8. The first-order valence-corrected chi connectivity index (χ1v) is 11.6. The average molecular weight is 897 g/mol. The summed E-state index contributed by atoms with van der Waals surface area (Å²) in [6, 6.07) is 9.27. The molecule has 1 saturated heterocycles. The summed E-state index contributed by atoms with van der Waals surface area (Å²) in [6.07, 6.45) is 4.01. The van der Waals surface area contributed by atoms with Crippen molar-refractivity contribution in [2.24, 2.45) is 5.73 Å². The van der Waals surface area contributed by atoms with E-state index in [1.54, 1.807) is 0 Å². The Morgan fingerprint density at radius 2 is 1.39 bits per heavy atom. The first kappa shape index (κ1) is 41.6. The van der Waals surface area contributed by atoms with Crippen LogP contribution < -0.4 is 21.7 Å². The lowest BCUT2D eigenvalue weighted by Crippen LogP contribution is -2.39. The minimum Gasteiger partial charge on any atom is -0.344 e. The number of benzene rings is 1. The van der Waals surface area contributed by atoms with Gasteiger partial charge in [0.1, 0.15) is 5.82 Å². The summed E-state index contributed by atoms with van der Waals surface area (Å²) in [7, 11) is 0. The van der Waals surface area contributed by atoms with Crippen LogP contribution in [0.4, 0.5) is 0 Å². The maximum atomic E-state index is 5.87. The van der Waals surface area contributed by atoms with E-state index in [1.165, 1.54) is 16.8 Å². The molecule has 0 spiro atoms. The second-order valence-electron chi connectivity index (χ2n) is 8.40. The molecule has 1 aromatic carbocycles. The fourth-order valence-corrected chi connectivity index (χ4v) is 4.54. The summed E-state index contributed by atoms with van der Waals surface area (Å²) in [4.78, 5) is 11.3. The lowest BCUT2D eigenvalue weighted by molar-refractivity contribution is 0.215. The normalized spacial score (nSPS) is 18.4. The van der Waals surface area contributed by atoms with Crippen LogP contribution in [0.25, 0.3) is 0 Å². The average Bonchev–Trinajstić information content (AvgIpc) is 3.18. The standard InChI is InChI=1S/C23H37N7.6BrH/c24-8-7-20-21-17-18-3-5-19(6-4-18)22(23(28-20)29-21)30-15-2-11-26-13-12-25-9-1-10-27-14-16-30;;;;;;/h3-6,22,25-27H,1-2,7-17,24H2,(H,28,29);6*1H. The van der Waals surface area contributed by atoms with Gasteiger partial charge in [-0.3, -0.25) is 4.90 Å². The van der Waals surface area contributed by atoms with E-state index >= 15 is 0 Å². The minimum atomic E-state index is 0. The maximum absolute atomic E-state index is 5.87. The lowest BCUT2D eigenvalue weighted by atomic mass is 10.0. The Hall–Kier alpha value is 1.11. The van der Waals surface area contributed by atoms with Crippen LogP contribution in [0, 0.1) is 0 Å². The molecule has 0 saturated carbocycles. The number of hydrogen-bond acceptors (Lipinski definition) is 6. The van der Waals surface area contributed by atoms with Gasteiger partial charge in [-0.1, -0.05) is 24.3 Å². The Kier molecular flexibility index (Phi) is 26.4. The molecule has 5 rings (SSSR count). The fourth-order valence-electron chi connectivity index (χ4n) is 4.54. The van der Waals surface area contributed by atoms with Crippen LogP contribution in [0.2, 0.25) is 0 Å². The number of rotatable bonds is 3. The Balaban J connectivity index is -0.00000181. The Morgan fingerprint density at radius 3 is 2.03 bits per heavy atom. The molecule has 1 unspecified atom stereocenters. The van der Waals surface area contributed by atoms with Crippen molar-refractivity contribution in [1.29, 1.82) is 0 Å². The third kappa shape index (κ3) is 12.1. The van der Waals surface area contributed by atoms with Gasteiger partial charge in [0.25, 0.3) is 0 Å². The van der Waals surface area contributed by atoms with Crippen molar-refractivity contribution >= 4 is 102 Å². The number of imidazole rings is 1. The molecule has 0 aliphatic carbocycles. The van der Waals surface area contributed by atoms with Crippen LogP contribution in [0.5, 0.6) is 0 Å². The summed E-state index contributed by atoms with van der Waals surface area (Å²) in [5.41, 5.74) is 10.9. The number of nitrogens with one attached hydrogen (secondary N) is 4. The topological polar surface area (TPSA) is 94.0 Å². The largest absolute Gasteiger partial charge is 0.344 e. The molecule has 0 radical (unpaired) electrons. The van der Waals surface area contributed by atoms with Crippen LogP contribution in [0.1, 0.15) is 47.2 Å². The van der Waals surface area contributed by atoms with Crippen LogP contribution in [0.15, 0.2) is 24.3 Å². The van der Waals surface area contributed by atoms with Gasteiger partial charge in [0.15, 0.2) is 0 Å². The zero-order valence-electron chi connectivity index (χ0n) is 20.5. The number of aromatic nitrogens is 2. The molecule has 7 nitrogen and oxygen atoms in total. The summed E-state index contributed by atoms with van der Waals surface area (Å²) >= 11 is 0. The Bertz CT molecular complexity index is 780. The monoisotopic (exact) mass is 891 g/mol. The molecule has 1 fully saturated rings. The van der Waals surface area contributed by atoms with Crippen molar-refractivity contribution in [2.45, 2.75) is 31.7 Å². The number of fused-ring (bicyclic) bond motifs is 2. The highest BCUT2D eigenvalue weighted by atomic mass is 79.9. The van der Waals surface area contributed by atoms with E-state index in [0.29, 0.717) is 6.54 Å². The fraction of sp³-hybridized carbons (Fsp3) is 0.609. The molecule has 212 valence electrons. The van der Waals surface area contributed by atoms with Crippen LogP contribution in [0.3, 0.4) is 0 Å². The molecular formula is C23H43Br6N7. The third-order valence-corrected chi connectivity index (χ3v) is 6.12. The Morgan fingerprint density at radius 1 is 0.778 bits per heavy atom. The maximum Gasteiger partial charge on any atom is 0.128 e. The van der Waals surface area contributed by atoms with Crippen molar-refractivity contribution < 1.29 is 0 Å². The van der Waals surface area contributed by atoms with E-state index in [4.69, 9.17) is 10.7 Å². The first-order valence-electron chi connectivity index (χ1n) is 11.6. The van der Waals surface area contributed by atoms with Crippen molar-refractivity contribution in [1.82, 2.24) is 30.8 Å². The summed E-state index contributed by atoms with van der Waals surface area (Å²) < 4.78 is 0.